The number of nitrogens with one attached hydrogen (secondary N) is 1. The average molecular weight is 349 g/mol. The van der Waals surface area contributed by atoms with E-state index in [1.165, 1.54) is 22.3 Å². The Morgan fingerprint density at radius 2 is 1.70 bits per heavy atom. The average Bonchev–Trinajstić information content (AvgIpc) is 2.55. The maximum Gasteiger partial charge on any atom is 0.0605 e. The number of rotatable bonds is 3. The van der Waals surface area contributed by atoms with Crippen LogP contribution in [0.15, 0.2) is 36.4 Å². The van der Waals surface area contributed by atoms with Crippen LogP contribution in [0.4, 0.5) is 0 Å². The standard InChI is InChI=1S/C19H22Cl2N2/c1-13-3-4-14(2)16(11-13)19(23-9-7-22-8-10-23)15-5-6-17(20)18(21)12-15/h3-6,11-12,19,22H,7-10H2,1-2H3. The van der Waals surface area contributed by atoms with Gasteiger partial charge in [0.15, 0.2) is 0 Å². The van der Waals surface area contributed by atoms with Crippen LogP contribution in [0.5, 0.6) is 0 Å². The monoisotopic (exact) mass is 348 g/mol. The normalized spacial score (nSPS) is 17.2. The molecule has 0 spiro atoms. The van der Waals surface area contributed by atoms with E-state index in [1.54, 1.807) is 0 Å². The first-order valence-corrected chi connectivity index (χ1v) is 8.79. The molecule has 1 saturated heterocycles. The summed E-state index contributed by atoms with van der Waals surface area (Å²) in [4.78, 5) is 2.53. The first kappa shape index (κ1) is 16.8. The van der Waals surface area contributed by atoms with Crippen LogP contribution >= 0.6 is 23.2 Å². The van der Waals surface area contributed by atoms with Gasteiger partial charge in [-0.05, 0) is 42.7 Å². The Morgan fingerprint density at radius 3 is 2.39 bits per heavy atom. The van der Waals surface area contributed by atoms with Crippen LogP contribution < -0.4 is 5.32 Å². The van der Waals surface area contributed by atoms with Crippen molar-refractivity contribution in [2.45, 2.75) is 19.9 Å². The fourth-order valence-electron chi connectivity index (χ4n) is 3.26. The van der Waals surface area contributed by atoms with E-state index in [0.29, 0.717) is 10.0 Å². The lowest BCUT2D eigenvalue weighted by atomic mass is 9.92. The van der Waals surface area contributed by atoms with Crippen molar-refractivity contribution in [3.05, 3.63) is 68.7 Å². The summed E-state index contributed by atoms with van der Waals surface area (Å²) in [5.74, 6) is 0. The molecule has 2 aromatic rings. The molecule has 0 saturated carbocycles. The third-order valence-corrected chi connectivity index (χ3v) is 5.24. The quantitative estimate of drug-likeness (QED) is 0.871. The van der Waals surface area contributed by atoms with Gasteiger partial charge in [0.25, 0.3) is 0 Å². The fraction of sp³-hybridized carbons (Fsp3) is 0.368. The van der Waals surface area contributed by atoms with E-state index in [-0.39, 0.29) is 6.04 Å². The maximum atomic E-state index is 6.29. The molecule has 1 atom stereocenters. The van der Waals surface area contributed by atoms with Gasteiger partial charge in [-0.2, -0.15) is 0 Å². The van der Waals surface area contributed by atoms with E-state index >= 15 is 0 Å². The highest BCUT2D eigenvalue weighted by atomic mass is 35.5. The number of nitrogens with zero attached hydrogens (tertiary/aromatic N) is 1. The predicted octanol–water partition coefficient (Wildman–Crippen LogP) is 4.60. The number of aryl methyl sites for hydroxylation is 2. The summed E-state index contributed by atoms with van der Waals surface area (Å²) in [7, 11) is 0. The Hall–Kier alpha value is -1.06. The minimum absolute atomic E-state index is 0.215. The molecule has 4 heteroatoms. The van der Waals surface area contributed by atoms with Crippen molar-refractivity contribution in [1.29, 1.82) is 0 Å². The molecule has 0 bridgehead atoms. The van der Waals surface area contributed by atoms with Crippen molar-refractivity contribution in [2.24, 2.45) is 0 Å². The summed E-state index contributed by atoms with van der Waals surface area (Å²) in [5, 5.41) is 4.66. The Bertz CT molecular complexity index is 694. The Morgan fingerprint density at radius 1 is 0.957 bits per heavy atom. The van der Waals surface area contributed by atoms with E-state index in [9.17, 15) is 0 Å². The van der Waals surface area contributed by atoms with Crippen molar-refractivity contribution >= 4 is 23.2 Å². The van der Waals surface area contributed by atoms with Crippen molar-refractivity contribution in [3.8, 4) is 0 Å². The summed E-state index contributed by atoms with van der Waals surface area (Å²) < 4.78 is 0. The van der Waals surface area contributed by atoms with Crippen LogP contribution in [0.3, 0.4) is 0 Å². The fourth-order valence-corrected chi connectivity index (χ4v) is 3.57. The van der Waals surface area contributed by atoms with Gasteiger partial charge in [0.05, 0.1) is 16.1 Å². The summed E-state index contributed by atoms with van der Waals surface area (Å²) in [6.45, 7) is 8.41. The molecule has 1 heterocycles. The zero-order valence-corrected chi connectivity index (χ0v) is 15.1. The van der Waals surface area contributed by atoms with Crippen molar-refractivity contribution in [3.63, 3.8) is 0 Å². The third kappa shape index (κ3) is 3.72. The van der Waals surface area contributed by atoms with E-state index in [0.717, 1.165) is 26.2 Å². The van der Waals surface area contributed by atoms with Crippen molar-refractivity contribution in [1.82, 2.24) is 10.2 Å². The van der Waals surface area contributed by atoms with Gasteiger partial charge in [0, 0.05) is 26.2 Å². The number of hydrogen-bond acceptors (Lipinski definition) is 2. The Kier molecular flexibility index (Phi) is 5.27. The van der Waals surface area contributed by atoms with E-state index in [1.807, 2.05) is 12.1 Å². The van der Waals surface area contributed by atoms with Gasteiger partial charge in [-0.1, -0.05) is 53.0 Å². The van der Waals surface area contributed by atoms with Gasteiger partial charge in [-0.3, -0.25) is 4.90 Å². The molecule has 3 rings (SSSR count). The summed E-state index contributed by atoms with van der Waals surface area (Å²) in [6.07, 6.45) is 0. The Balaban J connectivity index is 2.09. The minimum atomic E-state index is 0.215. The van der Waals surface area contributed by atoms with Crippen LogP contribution in [0.25, 0.3) is 0 Å². The number of halogens is 2. The molecule has 0 amide bonds. The predicted molar refractivity (Wildman–Crippen MR) is 98.7 cm³/mol. The molecule has 1 unspecified atom stereocenters. The van der Waals surface area contributed by atoms with Gasteiger partial charge < -0.3 is 5.32 Å². The highest BCUT2D eigenvalue weighted by Crippen LogP contribution is 2.34. The molecule has 1 aliphatic heterocycles. The molecule has 0 radical (unpaired) electrons. The second-order valence-electron chi connectivity index (χ2n) is 6.22. The highest BCUT2D eigenvalue weighted by Gasteiger charge is 2.25. The molecule has 0 aliphatic carbocycles. The lowest BCUT2D eigenvalue weighted by Crippen LogP contribution is -2.45. The SMILES string of the molecule is Cc1ccc(C)c(C(c2ccc(Cl)c(Cl)c2)N2CCNCC2)c1. The van der Waals surface area contributed by atoms with Gasteiger partial charge in [0.1, 0.15) is 0 Å². The van der Waals surface area contributed by atoms with Crippen LogP contribution in [-0.2, 0) is 0 Å². The zero-order valence-electron chi connectivity index (χ0n) is 13.6. The summed E-state index contributed by atoms with van der Waals surface area (Å²) in [6, 6.07) is 12.9. The van der Waals surface area contributed by atoms with Crippen LogP contribution in [-0.4, -0.2) is 31.1 Å². The van der Waals surface area contributed by atoms with Gasteiger partial charge in [-0.25, -0.2) is 0 Å². The topological polar surface area (TPSA) is 15.3 Å². The highest BCUT2D eigenvalue weighted by molar-refractivity contribution is 6.42. The minimum Gasteiger partial charge on any atom is -0.314 e. The van der Waals surface area contributed by atoms with Crippen molar-refractivity contribution in [2.75, 3.05) is 26.2 Å². The first-order chi connectivity index (χ1) is 11.1. The number of benzene rings is 2. The second-order valence-corrected chi connectivity index (χ2v) is 7.04. The van der Waals surface area contributed by atoms with E-state index in [2.05, 4.69) is 48.3 Å². The van der Waals surface area contributed by atoms with Gasteiger partial charge in [0.2, 0.25) is 0 Å². The lowest BCUT2D eigenvalue weighted by Gasteiger charge is -2.36. The first-order valence-electron chi connectivity index (χ1n) is 8.03. The van der Waals surface area contributed by atoms with Crippen molar-refractivity contribution < 1.29 is 0 Å². The molecule has 122 valence electrons. The number of piperazine rings is 1. The molecular formula is C19H22Cl2N2. The molecule has 1 aliphatic rings. The second kappa shape index (κ2) is 7.23. The smallest absolute Gasteiger partial charge is 0.0605 e. The van der Waals surface area contributed by atoms with E-state index < -0.39 is 0 Å². The van der Waals surface area contributed by atoms with Crippen LogP contribution in [0, 0.1) is 13.8 Å². The summed E-state index contributed by atoms with van der Waals surface area (Å²) >= 11 is 12.4. The molecule has 23 heavy (non-hydrogen) atoms. The maximum absolute atomic E-state index is 6.29. The Labute approximate surface area is 148 Å². The molecule has 1 N–H and O–H groups in total. The number of hydrogen-bond donors (Lipinski definition) is 1. The molecular weight excluding hydrogens is 327 g/mol. The largest absolute Gasteiger partial charge is 0.314 e. The molecule has 1 fully saturated rings. The molecule has 2 aromatic carbocycles. The van der Waals surface area contributed by atoms with Gasteiger partial charge in [-0.15, -0.1) is 0 Å². The van der Waals surface area contributed by atoms with Crippen LogP contribution in [0.1, 0.15) is 28.3 Å². The zero-order chi connectivity index (χ0) is 16.4. The third-order valence-electron chi connectivity index (χ3n) is 4.51. The van der Waals surface area contributed by atoms with Gasteiger partial charge >= 0.3 is 0 Å². The molecule has 0 aromatic heterocycles. The summed E-state index contributed by atoms with van der Waals surface area (Å²) in [5.41, 5.74) is 5.15. The lowest BCUT2D eigenvalue weighted by molar-refractivity contribution is 0.198. The van der Waals surface area contributed by atoms with E-state index in [4.69, 9.17) is 23.2 Å². The molecule has 2 nitrogen and oxygen atoms in total. The van der Waals surface area contributed by atoms with Crippen LogP contribution in [0.2, 0.25) is 10.0 Å².